The summed E-state index contributed by atoms with van der Waals surface area (Å²) in [5.41, 5.74) is 3.01. The van der Waals surface area contributed by atoms with Crippen molar-refractivity contribution in [1.29, 1.82) is 0 Å². The van der Waals surface area contributed by atoms with E-state index in [0.717, 1.165) is 35.5 Å². The zero-order chi connectivity index (χ0) is 17.6. The van der Waals surface area contributed by atoms with Crippen LogP contribution in [0.25, 0.3) is 6.08 Å². The van der Waals surface area contributed by atoms with Gasteiger partial charge in [0.25, 0.3) is 5.90 Å². The number of hydrogen-bond acceptors (Lipinski definition) is 4. The molecule has 130 valence electrons. The molecule has 0 radical (unpaired) electrons. The molecule has 1 aliphatic heterocycles. The van der Waals surface area contributed by atoms with Crippen LogP contribution >= 0.6 is 0 Å². The normalized spacial score (nSPS) is 14.9. The molecule has 4 heteroatoms. The molecule has 0 amide bonds. The van der Waals surface area contributed by atoms with Crippen molar-refractivity contribution in [1.82, 2.24) is 4.90 Å². The number of ether oxygens (including phenoxy) is 2. The minimum Gasteiger partial charge on any atom is -0.475 e. The lowest BCUT2D eigenvalue weighted by atomic mass is 10.1. The number of aliphatic imine (C=N–C) groups is 1. The Bertz CT molecular complexity index is 780. The second-order valence-electron chi connectivity index (χ2n) is 6.41. The molecule has 4 nitrogen and oxygen atoms in total. The van der Waals surface area contributed by atoms with Gasteiger partial charge in [0.1, 0.15) is 5.69 Å². The smallest absolute Gasteiger partial charge is 0.258 e. The van der Waals surface area contributed by atoms with Gasteiger partial charge in [0.15, 0.2) is 11.5 Å². The molecule has 0 aromatic heterocycles. The van der Waals surface area contributed by atoms with Gasteiger partial charge in [0.2, 0.25) is 0 Å². The van der Waals surface area contributed by atoms with Gasteiger partial charge in [-0.25, -0.2) is 4.99 Å². The molecule has 1 aliphatic rings. The zero-order valence-electron chi connectivity index (χ0n) is 15.0. The van der Waals surface area contributed by atoms with Crippen LogP contribution < -0.4 is 4.74 Å². The lowest BCUT2D eigenvalue weighted by molar-refractivity contribution is 0.259. The quantitative estimate of drug-likeness (QED) is 0.758. The number of nitrogens with zero attached hydrogens (tertiary/aromatic N) is 2. The van der Waals surface area contributed by atoms with Crippen LogP contribution in [0.5, 0.6) is 5.75 Å². The highest BCUT2D eigenvalue weighted by Gasteiger charge is 2.20. The SMILES string of the molecule is Cc1ccc2c(c1)N=C(OCCCN(C)C)/C(=C/c1ccccc1)O2. The molecule has 25 heavy (non-hydrogen) atoms. The monoisotopic (exact) mass is 336 g/mol. The summed E-state index contributed by atoms with van der Waals surface area (Å²) in [5.74, 6) is 1.95. The van der Waals surface area contributed by atoms with Crippen LogP contribution in [0.2, 0.25) is 0 Å². The number of benzene rings is 2. The molecule has 0 spiro atoms. The summed E-state index contributed by atoms with van der Waals surface area (Å²) in [7, 11) is 4.11. The molecule has 0 N–H and O–H groups in total. The van der Waals surface area contributed by atoms with Crippen molar-refractivity contribution < 1.29 is 9.47 Å². The van der Waals surface area contributed by atoms with Crippen LogP contribution in [0.1, 0.15) is 17.5 Å². The van der Waals surface area contributed by atoms with E-state index in [2.05, 4.69) is 24.0 Å². The fraction of sp³-hybridized carbons (Fsp3) is 0.286. The highest BCUT2D eigenvalue weighted by atomic mass is 16.5. The van der Waals surface area contributed by atoms with Crippen molar-refractivity contribution in [3.63, 3.8) is 0 Å². The van der Waals surface area contributed by atoms with Crippen LogP contribution in [-0.2, 0) is 4.74 Å². The first kappa shape index (κ1) is 17.2. The Kier molecular flexibility index (Phi) is 5.51. The van der Waals surface area contributed by atoms with E-state index in [1.54, 1.807) is 0 Å². The maximum absolute atomic E-state index is 6.08. The molecular weight excluding hydrogens is 312 g/mol. The third-order valence-corrected chi connectivity index (χ3v) is 3.85. The van der Waals surface area contributed by atoms with Gasteiger partial charge in [-0.2, -0.15) is 0 Å². The van der Waals surface area contributed by atoms with E-state index in [-0.39, 0.29) is 0 Å². The van der Waals surface area contributed by atoms with Gasteiger partial charge in [-0.1, -0.05) is 36.4 Å². The Labute approximate surface area is 149 Å². The third kappa shape index (κ3) is 4.70. The van der Waals surface area contributed by atoms with E-state index in [1.807, 2.05) is 61.5 Å². The number of hydrogen-bond donors (Lipinski definition) is 0. The maximum Gasteiger partial charge on any atom is 0.258 e. The first-order chi connectivity index (χ1) is 12.1. The van der Waals surface area contributed by atoms with E-state index in [4.69, 9.17) is 9.47 Å². The molecule has 0 aliphatic carbocycles. The number of fused-ring (bicyclic) bond motifs is 1. The minimum absolute atomic E-state index is 0.542. The van der Waals surface area contributed by atoms with Crippen molar-refractivity contribution in [3.8, 4) is 5.75 Å². The van der Waals surface area contributed by atoms with Crippen LogP contribution in [0.15, 0.2) is 59.3 Å². The Morgan fingerprint density at radius 1 is 1.12 bits per heavy atom. The van der Waals surface area contributed by atoms with E-state index >= 15 is 0 Å². The van der Waals surface area contributed by atoms with Crippen molar-refractivity contribution >= 4 is 17.7 Å². The summed E-state index contributed by atoms with van der Waals surface area (Å²) in [4.78, 5) is 6.83. The number of rotatable bonds is 5. The Morgan fingerprint density at radius 2 is 1.92 bits per heavy atom. The second-order valence-corrected chi connectivity index (χ2v) is 6.41. The van der Waals surface area contributed by atoms with Gasteiger partial charge < -0.3 is 14.4 Å². The van der Waals surface area contributed by atoms with Crippen LogP contribution in [0.3, 0.4) is 0 Å². The Morgan fingerprint density at radius 3 is 2.68 bits per heavy atom. The molecule has 0 atom stereocenters. The summed E-state index contributed by atoms with van der Waals surface area (Å²) in [5, 5.41) is 0. The molecule has 1 heterocycles. The average molecular weight is 336 g/mol. The van der Waals surface area contributed by atoms with Gasteiger partial charge in [0, 0.05) is 6.54 Å². The molecule has 2 aromatic carbocycles. The summed E-state index contributed by atoms with van der Waals surface area (Å²) >= 11 is 0. The molecule has 0 fully saturated rings. The summed E-state index contributed by atoms with van der Waals surface area (Å²) in [6, 6.07) is 16.1. The van der Waals surface area contributed by atoms with E-state index in [9.17, 15) is 0 Å². The summed E-state index contributed by atoms with van der Waals surface area (Å²) < 4.78 is 12.0. The molecule has 0 bridgehead atoms. The Hall–Kier alpha value is -2.59. The lowest BCUT2D eigenvalue weighted by Gasteiger charge is -2.20. The van der Waals surface area contributed by atoms with Crippen molar-refractivity contribution in [2.75, 3.05) is 27.2 Å². The standard InChI is InChI=1S/C21H24N2O2/c1-16-10-11-19-18(14-16)22-21(24-13-7-12-23(2)3)20(25-19)15-17-8-5-4-6-9-17/h4-6,8-11,14-15H,7,12-13H2,1-3H3/b20-15-. The molecule has 0 saturated carbocycles. The first-order valence-corrected chi connectivity index (χ1v) is 8.53. The van der Waals surface area contributed by atoms with Crippen molar-refractivity contribution in [2.45, 2.75) is 13.3 Å². The van der Waals surface area contributed by atoms with Crippen LogP contribution in [-0.4, -0.2) is 38.0 Å². The second kappa shape index (κ2) is 7.99. The highest BCUT2D eigenvalue weighted by Crippen LogP contribution is 2.35. The topological polar surface area (TPSA) is 34.1 Å². The first-order valence-electron chi connectivity index (χ1n) is 8.53. The largest absolute Gasteiger partial charge is 0.475 e. The lowest BCUT2D eigenvalue weighted by Crippen LogP contribution is -2.20. The van der Waals surface area contributed by atoms with Crippen molar-refractivity contribution in [2.24, 2.45) is 4.99 Å². The zero-order valence-corrected chi connectivity index (χ0v) is 15.0. The molecule has 0 saturated heterocycles. The molecule has 3 rings (SSSR count). The fourth-order valence-corrected chi connectivity index (χ4v) is 2.57. The maximum atomic E-state index is 6.08. The summed E-state index contributed by atoms with van der Waals surface area (Å²) in [6.45, 7) is 3.62. The van der Waals surface area contributed by atoms with Gasteiger partial charge >= 0.3 is 0 Å². The van der Waals surface area contributed by atoms with Gasteiger partial charge in [-0.15, -0.1) is 0 Å². The minimum atomic E-state index is 0.542. The van der Waals surface area contributed by atoms with Crippen molar-refractivity contribution in [3.05, 3.63) is 65.4 Å². The van der Waals surface area contributed by atoms with Gasteiger partial charge in [-0.05, 0) is 56.8 Å². The summed E-state index contributed by atoms with van der Waals surface area (Å²) in [6.07, 6.45) is 2.90. The van der Waals surface area contributed by atoms with Crippen LogP contribution in [0.4, 0.5) is 5.69 Å². The van der Waals surface area contributed by atoms with E-state index < -0.39 is 0 Å². The number of aryl methyl sites for hydroxylation is 1. The third-order valence-electron chi connectivity index (χ3n) is 3.85. The average Bonchev–Trinajstić information content (AvgIpc) is 2.60. The van der Waals surface area contributed by atoms with Gasteiger partial charge in [-0.3, -0.25) is 0 Å². The highest BCUT2D eigenvalue weighted by molar-refractivity contribution is 6.00. The Balaban J connectivity index is 1.85. The van der Waals surface area contributed by atoms with Crippen LogP contribution in [0, 0.1) is 6.92 Å². The van der Waals surface area contributed by atoms with E-state index in [1.165, 1.54) is 0 Å². The molecule has 2 aromatic rings. The van der Waals surface area contributed by atoms with E-state index in [0.29, 0.717) is 18.3 Å². The van der Waals surface area contributed by atoms with Gasteiger partial charge in [0.05, 0.1) is 6.61 Å². The predicted molar refractivity (Wildman–Crippen MR) is 102 cm³/mol. The predicted octanol–water partition coefficient (Wildman–Crippen LogP) is 4.43. The molecule has 0 unspecified atom stereocenters. The molecular formula is C21H24N2O2. The fourth-order valence-electron chi connectivity index (χ4n) is 2.57.